The fourth-order valence-electron chi connectivity index (χ4n) is 1.56. The molecule has 0 atom stereocenters. The number of carbonyl (C=O) groups is 2. The molecular weight excluding hydrogens is 348 g/mol. The summed E-state index contributed by atoms with van der Waals surface area (Å²) in [5.41, 5.74) is 3.63. The van der Waals surface area contributed by atoms with Crippen molar-refractivity contribution in [3.05, 3.63) is 64.4 Å². The van der Waals surface area contributed by atoms with Crippen LogP contribution in [0.3, 0.4) is 0 Å². The van der Waals surface area contributed by atoms with E-state index in [1.54, 1.807) is 24.4 Å². The number of pyridine rings is 1. The number of aromatic nitrogens is 1. The van der Waals surface area contributed by atoms with Gasteiger partial charge in [0.2, 0.25) is 0 Å². The van der Waals surface area contributed by atoms with E-state index in [4.69, 9.17) is 0 Å². The molecule has 0 saturated carbocycles. The molecule has 2 amide bonds. The van der Waals surface area contributed by atoms with Gasteiger partial charge in [0, 0.05) is 10.7 Å². The van der Waals surface area contributed by atoms with E-state index in [0.29, 0.717) is 5.69 Å². The summed E-state index contributed by atoms with van der Waals surface area (Å²) >= 11 is 3.33. The van der Waals surface area contributed by atoms with Gasteiger partial charge in [0.05, 0.1) is 18.5 Å². The van der Waals surface area contributed by atoms with Crippen LogP contribution < -0.4 is 10.7 Å². The maximum absolute atomic E-state index is 11.6. The molecule has 0 aliphatic rings. The van der Waals surface area contributed by atoms with E-state index in [1.165, 1.54) is 6.21 Å². The predicted molar refractivity (Wildman–Crippen MR) is 86.0 cm³/mol. The number of rotatable bonds is 4. The highest BCUT2D eigenvalue weighted by Crippen LogP contribution is 2.09. The highest BCUT2D eigenvalue weighted by Gasteiger charge is 2.11. The Labute approximate surface area is 135 Å². The second-order valence-electron chi connectivity index (χ2n) is 4.26. The lowest BCUT2D eigenvalue weighted by Crippen LogP contribution is -2.37. The van der Waals surface area contributed by atoms with Gasteiger partial charge >= 0.3 is 11.8 Å². The Bertz CT molecular complexity index is 689. The second kappa shape index (κ2) is 8.04. The molecule has 0 spiro atoms. The summed E-state index contributed by atoms with van der Waals surface area (Å²) in [6.07, 6.45) is 3.07. The standard InChI is InChI=1S/C15H13BrN4O2/c16-12-5-3-4-11(8-12)9-19-20-15(22)14(21)18-10-13-6-1-2-7-17-13/h1-9H,10H2,(H,18,21)(H,20,22). The Morgan fingerprint density at radius 1 is 1.18 bits per heavy atom. The van der Waals surface area contributed by atoms with Gasteiger partial charge in [0.25, 0.3) is 0 Å². The summed E-state index contributed by atoms with van der Waals surface area (Å²) in [7, 11) is 0. The summed E-state index contributed by atoms with van der Waals surface area (Å²) in [5, 5.41) is 6.20. The van der Waals surface area contributed by atoms with Crippen LogP contribution in [0.15, 0.2) is 58.2 Å². The molecule has 1 aromatic heterocycles. The Kier molecular flexibility index (Phi) is 5.79. The minimum atomic E-state index is -0.831. The fraction of sp³-hybridized carbons (Fsp3) is 0.0667. The van der Waals surface area contributed by atoms with Gasteiger partial charge in [-0.1, -0.05) is 34.1 Å². The van der Waals surface area contributed by atoms with Gasteiger partial charge in [-0.15, -0.1) is 0 Å². The highest BCUT2D eigenvalue weighted by atomic mass is 79.9. The number of hydrogen-bond donors (Lipinski definition) is 2. The zero-order valence-corrected chi connectivity index (χ0v) is 13.1. The smallest absolute Gasteiger partial charge is 0.329 e. The number of benzene rings is 1. The molecule has 22 heavy (non-hydrogen) atoms. The molecule has 2 N–H and O–H groups in total. The van der Waals surface area contributed by atoms with Crippen LogP contribution in [-0.2, 0) is 16.1 Å². The third-order valence-electron chi connectivity index (χ3n) is 2.59. The average Bonchev–Trinajstić information content (AvgIpc) is 2.53. The van der Waals surface area contributed by atoms with Crippen LogP contribution in [0.2, 0.25) is 0 Å². The van der Waals surface area contributed by atoms with E-state index in [-0.39, 0.29) is 6.54 Å². The largest absolute Gasteiger partial charge is 0.342 e. The number of amides is 2. The minimum Gasteiger partial charge on any atom is -0.342 e. The van der Waals surface area contributed by atoms with Crippen molar-refractivity contribution in [2.75, 3.05) is 0 Å². The molecule has 1 heterocycles. The monoisotopic (exact) mass is 360 g/mol. The molecule has 0 aliphatic heterocycles. The lowest BCUT2D eigenvalue weighted by molar-refractivity contribution is -0.139. The van der Waals surface area contributed by atoms with Gasteiger partial charge in [-0.2, -0.15) is 5.10 Å². The average molecular weight is 361 g/mol. The van der Waals surface area contributed by atoms with Crippen molar-refractivity contribution < 1.29 is 9.59 Å². The van der Waals surface area contributed by atoms with Gasteiger partial charge in [0.1, 0.15) is 0 Å². The first kappa shape index (κ1) is 15.8. The number of halogens is 1. The van der Waals surface area contributed by atoms with Crippen LogP contribution in [0.4, 0.5) is 0 Å². The van der Waals surface area contributed by atoms with Crippen LogP contribution >= 0.6 is 15.9 Å². The van der Waals surface area contributed by atoms with Gasteiger partial charge in [-0.3, -0.25) is 14.6 Å². The predicted octanol–water partition coefficient (Wildman–Crippen LogP) is 1.61. The number of nitrogens with one attached hydrogen (secondary N) is 2. The van der Waals surface area contributed by atoms with E-state index < -0.39 is 11.8 Å². The van der Waals surface area contributed by atoms with Crippen LogP contribution in [0.1, 0.15) is 11.3 Å². The van der Waals surface area contributed by atoms with Crippen LogP contribution in [0.25, 0.3) is 0 Å². The SMILES string of the molecule is O=C(NCc1ccccn1)C(=O)NN=Cc1cccc(Br)c1. The Balaban J connectivity index is 1.80. The minimum absolute atomic E-state index is 0.183. The molecule has 0 radical (unpaired) electrons. The first-order valence-corrected chi connectivity index (χ1v) is 7.21. The number of carbonyl (C=O) groups excluding carboxylic acids is 2. The molecule has 0 unspecified atom stereocenters. The van der Waals surface area contributed by atoms with Gasteiger partial charge in [-0.05, 0) is 29.8 Å². The molecule has 1 aromatic carbocycles. The van der Waals surface area contributed by atoms with Crippen LogP contribution in [0, 0.1) is 0 Å². The van der Waals surface area contributed by atoms with E-state index >= 15 is 0 Å². The maximum atomic E-state index is 11.6. The van der Waals surface area contributed by atoms with E-state index in [0.717, 1.165) is 10.0 Å². The first-order valence-electron chi connectivity index (χ1n) is 6.42. The molecule has 7 heteroatoms. The highest BCUT2D eigenvalue weighted by molar-refractivity contribution is 9.10. The summed E-state index contributed by atoms with van der Waals surface area (Å²) in [6, 6.07) is 12.7. The van der Waals surface area contributed by atoms with Crippen molar-refractivity contribution in [2.24, 2.45) is 5.10 Å². The Morgan fingerprint density at radius 3 is 2.77 bits per heavy atom. The molecular formula is C15H13BrN4O2. The zero-order chi connectivity index (χ0) is 15.8. The number of hydrazone groups is 1. The molecule has 2 rings (SSSR count). The van der Waals surface area contributed by atoms with Crippen LogP contribution in [0.5, 0.6) is 0 Å². The molecule has 6 nitrogen and oxygen atoms in total. The zero-order valence-electron chi connectivity index (χ0n) is 11.5. The second-order valence-corrected chi connectivity index (χ2v) is 5.17. The summed E-state index contributed by atoms with van der Waals surface area (Å²) in [5.74, 6) is -1.60. The Hall–Kier alpha value is -2.54. The lowest BCUT2D eigenvalue weighted by atomic mass is 10.2. The van der Waals surface area contributed by atoms with E-state index in [1.807, 2.05) is 24.3 Å². The van der Waals surface area contributed by atoms with Crippen molar-refractivity contribution in [1.29, 1.82) is 0 Å². The first-order chi connectivity index (χ1) is 10.6. The molecule has 0 saturated heterocycles. The molecule has 0 fully saturated rings. The maximum Gasteiger partial charge on any atom is 0.329 e. The number of hydrogen-bond acceptors (Lipinski definition) is 4. The third-order valence-corrected chi connectivity index (χ3v) is 3.08. The summed E-state index contributed by atoms with van der Waals surface area (Å²) < 4.78 is 0.899. The molecule has 2 aromatic rings. The Morgan fingerprint density at radius 2 is 2.05 bits per heavy atom. The van der Waals surface area contributed by atoms with Crippen molar-refractivity contribution in [3.8, 4) is 0 Å². The summed E-state index contributed by atoms with van der Waals surface area (Å²) in [6.45, 7) is 0.183. The van der Waals surface area contributed by atoms with Crippen molar-refractivity contribution in [3.63, 3.8) is 0 Å². The van der Waals surface area contributed by atoms with Gasteiger partial charge < -0.3 is 5.32 Å². The number of nitrogens with zero attached hydrogens (tertiary/aromatic N) is 2. The normalized spacial score (nSPS) is 10.4. The molecule has 112 valence electrons. The quantitative estimate of drug-likeness (QED) is 0.493. The van der Waals surface area contributed by atoms with E-state index in [9.17, 15) is 9.59 Å². The van der Waals surface area contributed by atoms with Crippen molar-refractivity contribution in [2.45, 2.75) is 6.54 Å². The third kappa shape index (κ3) is 5.10. The topological polar surface area (TPSA) is 83.5 Å². The van der Waals surface area contributed by atoms with Gasteiger partial charge in [0.15, 0.2) is 0 Å². The molecule has 0 bridgehead atoms. The van der Waals surface area contributed by atoms with Gasteiger partial charge in [-0.25, -0.2) is 5.43 Å². The fourth-order valence-corrected chi connectivity index (χ4v) is 1.97. The van der Waals surface area contributed by atoms with Crippen molar-refractivity contribution >= 4 is 34.0 Å². The molecule has 0 aliphatic carbocycles. The van der Waals surface area contributed by atoms with Crippen molar-refractivity contribution in [1.82, 2.24) is 15.7 Å². The van der Waals surface area contributed by atoms with E-state index in [2.05, 4.69) is 36.8 Å². The summed E-state index contributed by atoms with van der Waals surface area (Å²) in [4.78, 5) is 27.2. The van der Waals surface area contributed by atoms with Crippen LogP contribution in [-0.4, -0.2) is 23.0 Å². The lowest BCUT2D eigenvalue weighted by Gasteiger charge is -2.03.